The van der Waals surface area contributed by atoms with Crippen molar-refractivity contribution in [3.8, 4) is 11.5 Å². The van der Waals surface area contributed by atoms with Crippen LogP contribution in [0.5, 0.6) is 11.5 Å². The lowest BCUT2D eigenvalue weighted by atomic mass is 9.66. The molecule has 0 radical (unpaired) electrons. The minimum atomic E-state index is 0.145. The van der Waals surface area contributed by atoms with E-state index in [9.17, 15) is 0 Å². The van der Waals surface area contributed by atoms with Crippen LogP contribution in [0, 0.1) is 11.8 Å². The van der Waals surface area contributed by atoms with Gasteiger partial charge in [0.05, 0.1) is 14.2 Å². The summed E-state index contributed by atoms with van der Waals surface area (Å²) in [6.07, 6.45) is 7.46. The monoisotopic (exact) mass is 329 g/mol. The molecule has 132 valence electrons. The summed E-state index contributed by atoms with van der Waals surface area (Å²) in [5, 5.41) is 0. The number of hydrogen-bond donors (Lipinski definition) is 0. The van der Waals surface area contributed by atoms with Gasteiger partial charge in [0.15, 0.2) is 11.5 Å². The second-order valence-corrected chi connectivity index (χ2v) is 7.85. The first-order chi connectivity index (χ1) is 11.5. The molecule has 3 nitrogen and oxygen atoms in total. The molecule has 0 N–H and O–H groups in total. The molecular weight excluding hydrogens is 298 g/mol. The third kappa shape index (κ3) is 2.89. The zero-order valence-electron chi connectivity index (χ0n) is 15.8. The van der Waals surface area contributed by atoms with Gasteiger partial charge in [0.2, 0.25) is 0 Å². The Labute approximate surface area is 146 Å². The molecule has 1 fully saturated rings. The molecule has 0 bridgehead atoms. The van der Waals surface area contributed by atoms with Crippen LogP contribution in [-0.4, -0.2) is 32.7 Å². The quantitative estimate of drug-likeness (QED) is 0.787. The first kappa shape index (κ1) is 17.2. The van der Waals surface area contributed by atoms with Crippen molar-refractivity contribution in [2.24, 2.45) is 11.8 Å². The van der Waals surface area contributed by atoms with E-state index >= 15 is 0 Å². The van der Waals surface area contributed by atoms with Gasteiger partial charge in [-0.05, 0) is 55.2 Å². The van der Waals surface area contributed by atoms with Crippen LogP contribution in [-0.2, 0) is 5.41 Å². The summed E-state index contributed by atoms with van der Waals surface area (Å²) in [5.41, 5.74) is 3.03. The minimum Gasteiger partial charge on any atom is -0.493 e. The molecule has 1 heterocycles. The highest BCUT2D eigenvalue weighted by atomic mass is 16.5. The predicted octanol–water partition coefficient (Wildman–Crippen LogP) is 4.62. The molecule has 24 heavy (non-hydrogen) atoms. The summed E-state index contributed by atoms with van der Waals surface area (Å²) in [6.45, 7) is 5.81. The van der Waals surface area contributed by atoms with Gasteiger partial charge in [0.1, 0.15) is 0 Å². The van der Waals surface area contributed by atoms with Gasteiger partial charge in [-0.2, -0.15) is 0 Å². The van der Waals surface area contributed by atoms with Crippen molar-refractivity contribution in [1.82, 2.24) is 4.90 Å². The summed E-state index contributed by atoms with van der Waals surface area (Å²) in [4.78, 5) is 2.45. The molecule has 1 aromatic rings. The summed E-state index contributed by atoms with van der Waals surface area (Å²) in [5.74, 6) is 3.17. The Morgan fingerprint density at radius 1 is 1.21 bits per heavy atom. The molecule has 0 aromatic heterocycles. The summed E-state index contributed by atoms with van der Waals surface area (Å²) < 4.78 is 11.0. The van der Waals surface area contributed by atoms with Crippen LogP contribution in [0.25, 0.3) is 0 Å². The number of methoxy groups -OCH3 is 2. The number of ether oxygens (including phenoxy) is 2. The normalized spacial score (nSPS) is 26.3. The van der Waals surface area contributed by atoms with E-state index in [-0.39, 0.29) is 5.41 Å². The number of likely N-dealkylation sites (N-methyl/N-ethyl adjacent to an activating group) is 1. The lowest BCUT2D eigenvalue weighted by Gasteiger charge is -2.40. The maximum Gasteiger partial charge on any atom is 0.161 e. The van der Waals surface area contributed by atoms with E-state index in [0.717, 1.165) is 29.9 Å². The Hall–Kier alpha value is -1.64. The van der Waals surface area contributed by atoms with Crippen LogP contribution >= 0.6 is 0 Å². The van der Waals surface area contributed by atoms with E-state index in [1.165, 1.54) is 36.9 Å². The Morgan fingerprint density at radius 3 is 2.62 bits per heavy atom. The zero-order chi connectivity index (χ0) is 17.3. The molecule has 1 aromatic carbocycles. The van der Waals surface area contributed by atoms with Crippen molar-refractivity contribution in [3.63, 3.8) is 0 Å². The van der Waals surface area contributed by atoms with Gasteiger partial charge in [-0.25, -0.2) is 0 Å². The molecule has 1 aliphatic heterocycles. The van der Waals surface area contributed by atoms with Crippen LogP contribution in [0.3, 0.4) is 0 Å². The van der Waals surface area contributed by atoms with E-state index in [1.807, 2.05) is 0 Å². The first-order valence-electron chi connectivity index (χ1n) is 9.14. The van der Waals surface area contributed by atoms with Crippen LogP contribution in [0.15, 0.2) is 30.0 Å². The molecule has 0 spiro atoms. The zero-order valence-corrected chi connectivity index (χ0v) is 15.8. The highest BCUT2D eigenvalue weighted by molar-refractivity contribution is 5.49. The van der Waals surface area contributed by atoms with Crippen molar-refractivity contribution in [2.45, 2.75) is 44.9 Å². The van der Waals surface area contributed by atoms with Crippen LogP contribution in [0.4, 0.5) is 0 Å². The number of fused-ring (bicyclic) bond motifs is 1. The van der Waals surface area contributed by atoms with Crippen LogP contribution in [0.1, 0.15) is 45.1 Å². The van der Waals surface area contributed by atoms with Gasteiger partial charge in [-0.3, -0.25) is 0 Å². The Bertz CT molecular complexity index is 622. The number of nitrogens with zero attached hydrogens (tertiary/aromatic N) is 1. The fourth-order valence-electron chi connectivity index (χ4n) is 4.77. The fourth-order valence-corrected chi connectivity index (χ4v) is 4.77. The van der Waals surface area contributed by atoms with Crippen molar-refractivity contribution in [2.75, 3.05) is 27.8 Å². The molecule has 0 unspecified atom stereocenters. The number of likely N-dealkylation sites (tertiary alicyclic amines) is 1. The molecule has 1 aliphatic carbocycles. The smallest absolute Gasteiger partial charge is 0.161 e. The molecule has 3 rings (SSSR count). The van der Waals surface area contributed by atoms with Crippen molar-refractivity contribution >= 4 is 0 Å². The Balaban J connectivity index is 2.01. The summed E-state index contributed by atoms with van der Waals surface area (Å²) in [7, 11) is 5.65. The van der Waals surface area contributed by atoms with Crippen molar-refractivity contribution in [3.05, 3.63) is 35.5 Å². The summed E-state index contributed by atoms with van der Waals surface area (Å²) >= 11 is 0. The molecular formula is C21H31NO2. The van der Waals surface area contributed by atoms with Gasteiger partial charge < -0.3 is 14.4 Å². The van der Waals surface area contributed by atoms with E-state index in [0.29, 0.717) is 0 Å². The number of allylic oxidation sites excluding steroid dienone is 2. The minimum absolute atomic E-state index is 0.145. The van der Waals surface area contributed by atoms with E-state index in [1.54, 1.807) is 14.2 Å². The predicted molar refractivity (Wildman–Crippen MR) is 98.7 cm³/mol. The number of benzene rings is 1. The molecule has 0 saturated carbocycles. The van der Waals surface area contributed by atoms with Gasteiger partial charge in [0, 0.05) is 24.7 Å². The Kier molecular flexibility index (Phi) is 4.80. The van der Waals surface area contributed by atoms with Crippen molar-refractivity contribution < 1.29 is 9.47 Å². The molecule has 2 atom stereocenters. The van der Waals surface area contributed by atoms with Crippen LogP contribution in [0.2, 0.25) is 0 Å². The molecule has 0 amide bonds. The second-order valence-electron chi connectivity index (χ2n) is 7.85. The van der Waals surface area contributed by atoms with Crippen molar-refractivity contribution in [1.29, 1.82) is 0 Å². The third-order valence-electron chi connectivity index (χ3n) is 5.80. The second kappa shape index (κ2) is 6.70. The number of hydrogen-bond acceptors (Lipinski definition) is 3. The largest absolute Gasteiger partial charge is 0.493 e. The SMILES string of the molecule is COc1ccc([C@]23CCN(C)C2=CC[C@@H](CC(C)C)C3)cc1OC. The summed E-state index contributed by atoms with van der Waals surface area (Å²) in [6, 6.07) is 6.50. The average molecular weight is 329 g/mol. The first-order valence-corrected chi connectivity index (χ1v) is 9.14. The molecule has 2 aliphatic rings. The van der Waals surface area contributed by atoms with E-state index in [4.69, 9.17) is 9.47 Å². The highest BCUT2D eigenvalue weighted by Gasteiger charge is 2.46. The lowest BCUT2D eigenvalue weighted by molar-refractivity contribution is 0.288. The van der Waals surface area contributed by atoms with Gasteiger partial charge in [-0.1, -0.05) is 26.0 Å². The highest BCUT2D eigenvalue weighted by Crippen LogP contribution is 2.52. The molecule has 3 heteroatoms. The Morgan fingerprint density at radius 2 is 1.96 bits per heavy atom. The number of rotatable bonds is 5. The van der Waals surface area contributed by atoms with Gasteiger partial charge in [0.25, 0.3) is 0 Å². The van der Waals surface area contributed by atoms with Gasteiger partial charge in [-0.15, -0.1) is 0 Å². The van der Waals surface area contributed by atoms with Gasteiger partial charge >= 0.3 is 0 Å². The maximum atomic E-state index is 5.57. The standard InChI is InChI=1S/C21H31NO2/c1-15(2)12-16-6-9-20-21(14-16,10-11-22(20)3)17-7-8-18(23-4)19(13-17)24-5/h7-9,13,15-16H,6,10-12,14H2,1-5H3/t16-,21+/m0/s1. The fraction of sp³-hybridized carbons (Fsp3) is 0.619. The maximum absolute atomic E-state index is 5.57. The van der Waals surface area contributed by atoms with E-state index < -0.39 is 0 Å². The molecule has 1 saturated heterocycles. The van der Waals surface area contributed by atoms with Crippen LogP contribution < -0.4 is 9.47 Å². The third-order valence-corrected chi connectivity index (χ3v) is 5.80. The lowest BCUT2D eigenvalue weighted by Crippen LogP contribution is -2.34. The average Bonchev–Trinajstić information content (AvgIpc) is 2.91. The topological polar surface area (TPSA) is 21.7 Å². The van der Waals surface area contributed by atoms with E-state index in [2.05, 4.69) is 50.1 Å².